The van der Waals surface area contributed by atoms with Gasteiger partial charge in [0.05, 0.1) is 18.5 Å². The molecule has 2 aliphatic carbocycles. The van der Waals surface area contributed by atoms with E-state index in [2.05, 4.69) is 22.5 Å². The van der Waals surface area contributed by atoms with E-state index >= 15 is 0 Å². The fourth-order valence-corrected chi connectivity index (χ4v) is 2.80. The maximum Gasteiger partial charge on any atom is 0.213 e. The van der Waals surface area contributed by atoms with Gasteiger partial charge in [0.15, 0.2) is 0 Å². The highest BCUT2D eigenvalue weighted by molar-refractivity contribution is 5.44. The number of nitrogens with zero attached hydrogens (tertiary/aromatic N) is 1. The molecule has 3 atom stereocenters. The van der Waals surface area contributed by atoms with Gasteiger partial charge in [0, 0.05) is 18.0 Å². The van der Waals surface area contributed by atoms with Gasteiger partial charge in [-0.05, 0) is 31.7 Å². The van der Waals surface area contributed by atoms with Crippen molar-refractivity contribution in [2.24, 2.45) is 11.8 Å². The van der Waals surface area contributed by atoms with Crippen molar-refractivity contribution in [2.45, 2.75) is 25.8 Å². The molecule has 90 valence electrons. The van der Waals surface area contributed by atoms with E-state index in [0.717, 1.165) is 17.5 Å². The van der Waals surface area contributed by atoms with Crippen LogP contribution >= 0.6 is 0 Å². The molecule has 1 saturated carbocycles. The van der Waals surface area contributed by atoms with Crippen LogP contribution in [0, 0.1) is 11.8 Å². The summed E-state index contributed by atoms with van der Waals surface area (Å²) in [4.78, 5) is 4.26. The Morgan fingerprint density at radius 1 is 1.47 bits per heavy atom. The number of aromatic nitrogens is 1. The summed E-state index contributed by atoms with van der Waals surface area (Å²) < 4.78 is 5.33. The van der Waals surface area contributed by atoms with E-state index in [4.69, 9.17) is 4.74 Å². The number of anilines is 1. The van der Waals surface area contributed by atoms with Gasteiger partial charge in [0.1, 0.15) is 0 Å². The van der Waals surface area contributed by atoms with Gasteiger partial charge in [-0.25, -0.2) is 4.98 Å². The minimum Gasteiger partial charge on any atom is -0.478 e. The number of hydrogen-bond donors (Lipinski definition) is 1. The Morgan fingerprint density at radius 3 is 3.12 bits per heavy atom. The summed E-state index contributed by atoms with van der Waals surface area (Å²) in [5.41, 5.74) is 1.09. The normalized spacial score (nSPS) is 29.6. The molecule has 0 saturated heterocycles. The summed E-state index contributed by atoms with van der Waals surface area (Å²) in [5, 5.41) is 3.55. The van der Waals surface area contributed by atoms with E-state index in [1.807, 2.05) is 25.3 Å². The van der Waals surface area contributed by atoms with E-state index in [0.29, 0.717) is 18.5 Å². The van der Waals surface area contributed by atoms with E-state index in [1.54, 1.807) is 0 Å². The number of pyridine rings is 1. The molecular formula is C14H18N2O. The quantitative estimate of drug-likeness (QED) is 0.808. The van der Waals surface area contributed by atoms with E-state index in [1.165, 1.54) is 12.8 Å². The van der Waals surface area contributed by atoms with Crippen LogP contribution in [-0.2, 0) is 0 Å². The van der Waals surface area contributed by atoms with E-state index < -0.39 is 0 Å². The topological polar surface area (TPSA) is 34.1 Å². The molecule has 1 fully saturated rings. The lowest BCUT2D eigenvalue weighted by atomic mass is 9.71. The first-order valence-corrected chi connectivity index (χ1v) is 6.39. The van der Waals surface area contributed by atoms with Gasteiger partial charge in [-0.1, -0.05) is 12.2 Å². The smallest absolute Gasteiger partial charge is 0.213 e. The van der Waals surface area contributed by atoms with Crippen LogP contribution in [0.1, 0.15) is 19.8 Å². The average molecular weight is 230 g/mol. The zero-order chi connectivity index (χ0) is 11.7. The fraction of sp³-hybridized carbons (Fsp3) is 0.500. The molecule has 3 rings (SSSR count). The Hall–Kier alpha value is -1.51. The van der Waals surface area contributed by atoms with Crippen LogP contribution in [0.5, 0.6) is 5.88 Å². The number of ether oxygens (including phenoxy) is 1. The largest absolute Gasteiger partial charge is 0.478 e. The third-order valence-electron chi connectivity index (χ3n) is 3.74. The zero-order valence-electron chi connectivity index (χ0n) is 10.1. The second kappa shape index (κ2) is 4.40. The molecule has 0 bridgehead atoms. The number of allylic oxidation sites excluding steroid dienone is 1. The maximum absolute atomic E-state index is 5.33. The highest BCUT2D eigenvalue weighted by atomic mass is 16.5. The summed E-state index contributed by atoms with van der Waals surface area (Å²) in [5.74, 6) is 2.33. The molecule has 3 nitrogen and oxygen atoms in total. The Morgan fingerprint density at radius 2 is 2.41 bits per heavy atom. The first kappa shape index (κ1) is 10.6. The van der Waals surface area contributed by atoms with Crippen LogP contribution in [0.4, 0.5) is 5.69 Å². The van der Waals surface area contributed by atoms with Crippen molar-refractivity contribution in [3.8, 4) is 5.88 Å². The van der Waals surface area contributed by atoms with Crippen molar-refractivity contribution in [1.29, 1.82) is 0 Å². The van der Waals surface area contributed by atoms with Crippen molar-refractivity contribution in [3.05, 3.63) is 30.5 Å². The summed E-state index contributed by atoms with van der Waals surface area (Å²) in [6, 6.07) is 4.56. The summed E-state index contributed by atoms with van der Waals surface area (Å²) in [6.45, 7) is 2.63. The molecule has 17 heavy (non-hydrogen) atoms. The van der Waals surface area contributed by atoms with Crippen LogP contribution in [0.2, 0.25) is 0 Å². The van der Waals surface area contributed by atoms with Crippen molar-refractivity contribution in [2.75, 3.05) is 11.9 Å². The monoisotopic (exact) mass is 230 g/mol. The van der Waals surface area contributed by atoms with Crippen LogP contribution in [0.15, 0.2) is 30.5 Å². The molecular weight excluding hydrogens is 212 g/mol. The first-order valence-electron chi connectivity index (χ1n) is 6.39. The first-order chi connectivity index (χ1) is 8.36. The third kappa shape index (κ3) is 2.02. The molecule has 0 radical (unpaired) electrons. The Balaban J connectivity index is 1.60. The Labute approximate surface area is 102 Å². The second-order valence-corrected chi connectivity index (χ2v) is 4.81. The minimum absolute atomic E-state index is 0.596. The number of fused-ring (bicyclic) bond motifs is 1. The molecule has 0 spiro atoms. The molecule has 0 aromatic carbocycles. The molecule has 3 unspecified atom stereocenters. The zero-order valence-corrected chi connectivity index (χ0v) is 10.1. The van der Waals surface area contributed by atoms with Crippen molar-refractivity contribution in [3.63, 3.8) is 0 Å². The lowest BCUT2D eigenvalue weighted by Gasteiger charge is -2.41. The summed E-state index contributed by atoms with van der Waals surface area (Å²) in [7, 11) is 0. The molecule has 3 heteroatoms. The summed E-state index contributed by atoms with van der Waals surface area (Å²) >= 11 is 0. The van der Waals surface area contributed by atoms with Crippen molar-refractivity contribution >= 4 is 5.69 Å². The Kier molecular flexibility index (Phi) is 2.75. The summed E-state index contributed by atoms with van der Waals surface area (Å²) in [6.07, 6.45) is 9.08. The van der Waals surface area contributed by atoms with Gasteiger partial charge in [0.25, 0.3) is 0 Å². The predicted molar refractivity (Wildman–Crippen MR) is 68.2 cm³/mol. The Bertz CT molecular complexity index is 413. The molecule has 1 heterocycles. The van der Waals surface area contributed by atoms with Gasteiger partial charge in [0.2, 0.25) is 5.88 Å². The fourth-order valence-electron chi connectivity index (χ4n) is 2.80. The SMILES string of the molecule is CCOc1ccc(NC2CC3CC=CC32)cn1. The number of nitrogens with one attached hydrogen (secondary N) is 1. The van der Waals surface area contributed by atoms with Crippen molar-refractivity contribution in [1.82, 2.24) is 4.98 Å². The number of hydrogen-bond acceptors (Lipinski definition) is 3. The highest BCUT2D eigenvalue weighted by Crippen LogP contribution is 2.43. The van der Waals surface area contributed by atoms with E-state index in [-0.39, 0.29) is 0 Å². The highest BCUT2D eigenvalue weighted by Gasteiger charge is 2.40. The lowest BCUT2D eigenvalue weighted by Crippen LogP contribution is -2.43. The second-order valence-electron chi connectivity index (χ2n) is 4.81. The molecule has 1 aromatic rings. The molecule has 0 aliphatic heterocycles. The van der Waals surface area contributed by atoms with Crippen LogP contribution in [-0.4, -0.2) is 17.6 Å². The third-order valence-corrected chi connectivity index (χ3v) is 3.74. The molecule has 2 aliphatic rings. The van der Waals surface area contributed by atoms with Gasteiger partial charge < -0.3 is 10.1 Å². The lowest BCUT2D eigenvalue weighted by molar-refractivity contribution is 0.218. The van der Waals surface area contributed by atoms with Crippen LogP contribution < -0.4 is 10.1 Å². The van der Waals surface area contributed by atoms with E-state index in [9.17, 15) is 0 Å². The van der Waals surface area contributed by atoms with Gasteiger partial charge in [-0.15, -0.1) is 0 Å². The maximum atomic E-state index is 5.33. The average Bonchev–Trinajstić information content (AvgIpc) is 2.70. The van der Waals surface area contributed by atoms with Gasteiger partial charge >= 0.3 is 0 Å². The molecule has 0 amide bonds. The minimum atomic E-state index is 0.596. The molecule has 1 aromatic heterocycles. The number of rotatable bonds is 4. The standard InChI is InChI=1S/C14H18N2O/c1-2-17-14-7-6-11(9-15-14)16-13-8-10-4-3-5-12(10)13/h3,5-7,9-10,12-13,16H,2,4,8H2,1H3. The van der Waals surface area contributed by atoms with Crippen LogP contribution in [0.3, 0.4) is 0 Å². The molecule has 1 N–H and O–H groups in total. The van der Waals surface area contributed by atoms with Gasteiger partial charge in [-0.2, -0.15) is 0 Å². The van der Waals surface area contributed by atoms with Crippen molar-refractivity contribution < 1.29 is 4.74 Å². The van der Waals surface area contributed by atoms with Crippen LogP contribution in [0.25, 0.3) is 0 Å². The van der Waals surface area contributed by atoms with Gasteiger partial charge in [-0.3, -0.25) is 0 Å². The predicted octanol–water partition coefficient (Wildman–Crippen LogP) is 2.86.